The Bertz CT molecular complexity index is 349. The van der Waals surface area contributed by atoms with Gasteiger partial charge in [-0.3, -0.25) is 0 Å². The minimum Gasteiger partial charge on any atom is -0.494 e. The van der Waals surface area contributed by atoms with E-state index in [9.17, 15) is 9.50 Å². The van der Waals surface area contributed by atoms with Gasteiger partial charge in [0, 0.05) is 6.61 Å². The molecule has 3 nitrogen and oxygen atoms in total. The van der Waals surface area contributed by atoms with Crippen LogP contribution in [0, 0.1) is 11.7 Å². The van der Waals surface area contributed by atoms with Crippen LogP contribution < -0.4 is 4.74 Å². The molecular formula is C14H19FO3. The summed E-state index contributed by atoms with van der Waals surface area (Å²) in [6.45, 7) is 1.59. The summed E-state index contributed by atoms with van der Waals surface area (Å²) in [6.07, 6.45) is 3.20. The third-order valence-electron chi connectivity index (χ3n) is 3.17. The minimum atomic E-state index is -0.264. The van der Waals surface area contributed by atoms with Crippen LogP contribution >= 0.6 is 0 Å². The van der Waals surface area contributed by atoms with Crippen molar-refractivity contribution in [2.24, 2.45) is 5.92 Å². The highest BCUT2D eigenvalue weighted by Crippen LogP contribution is 2.21. The highest BCUT2D eigenvalue weighted by atomic mass is 19.1. The van der Waals surface area contributed by atoms with Crippen LogP contribution in [-0.2, 0) is 4.74 Å². The van der Waals surface area contributed by atoms with Gasteiger partial charge in [0.1, 0.15) is 11.6 Å². The predicted molar refractivity (Wildman–Crippen MR) is 66.1 cm³/mol. The van der Waals surface area contributed by atoms with Crippen molar-refractivity contribution in [1.29, 1.82) is 0 Å². The first-order chi connectivity index (χ1) is 8.78. The highest BCUT2D eigenvalue weighted by Gasteiger charge is 2.23. The summed E-state index contributed by atoms with van der Waals surface area (Å²) in [5.41, 5.74) is 0. The number of halogens is 1. The van der Waals surface area contributed by atoms with Crippen molar-refractivity contribution >= 4 is 0 Å². The average Bonchev–Trinajstić information content (AvgIpc) is 3.20. The molecule has 1 heterocycles. The van der Waals surface area contributed by atoms with Crippen molar-refractivity contribution < 1.29 is 19.0 Å². The second kappa shape index (κ2) is 6.71. The first kappa shape index (κ1) is 13.3. The van der Waals surface area contributed by atoms with Crippen molar-refractivity contribution in [1.82, 2.24) is 0 Å². The molecule has 0 aromatic heterocycles. The smallest absolute Gasteiger partial charge is 0.123 e. The molecule has 1 fully saturated rings. The normalized spacial score (nSPS) is 19.6. The fourth-order valence-electron chi connectivity index (χ4n) is 1.86. The van der Waals surface area contributed by atoms with E-state index in [1.807, 2.05) is 0 Å². The molecule has 0 radical (unpaired) electrons. The van der Waals surface area contributed by atoms with Gasteiger partial charge in [-0.05, 0) is 49.4 Å². The van der Waals surface area contributed by atoms with Gasteiger partial charge < -0.3 is 14.6 Å². The van der Waals surface area contributed by atoms with Gasteiger partial charge in [0.25, 0.3) is 0 Å². The Kier molecular flexibility index (Phi) is 4.96. The quantitative estimate of drug-likeness (QED) is 0.724. The molecule has 0 amide bonds. The number of aliphatic hydroxyl groups is 1. The van der Waals surface area contributed by atoms with Crippen LogP contribution in [0.5, 0.6) is 5.75 Å². The predicted octanol–water partition coefficient (Wildman–Crippen LogP) is 2.38. The van der Waals surface area contributed by atoms with Gasteiger partial charge in [-0.15, -0.1) is 0 Å². The molecule has 18 heavy (non-hydrogen) atoms. The molecule has 1 aliphatic rings. The topological polar surface area (TPSA) is 42.0 Å². The summed E-state index contributed by atoms with van der Waals surface area (Å²) in [4.78, 5) is 0. The first-order valence-electron chi connectivity index (χ1n) is 6.38. The van der Waals surface area contributed by atoms with Gasteiger partial charge >= 0.3 is 0 Å². The zero-order valence-electron chi connectivity index (χ0n) is 10.3. The molecule has 1 saturated heterocycles. The molecule has 0 unspecified atom stereocenters. The molecule has 0 saturated carbocycles. The van der Waals surface area contributed by atoms with Gasteiger partial charge in [0.2, 0.25) is 0 Å². The van der Waals surface area contributed by atoms with E-state index >= 15 is 0 Å². The van der Waals surface area contributed by atoms with Crippen molar-refractivity contribution in [3.63, 3.8) is 0 Å². The molecular weight excluding hydrogens is 235 g/mol. The Morgan fingerprint density at radius 1 is 1.33 bits per heavy atom. The lowest BCUT2D eigenvalue weighted by Gasteiger charge is -2.14. The standard InChI is InChI=1S/C14H19FO3/c15-12-2-5-13(6-3-12)17-8-7-11(9-16)1-4-14-10-18-14/h2-3,5-6,11,14,16H,1,4,7-10H2/t11-,14-/m0/s1. The zero-order valence-corrected chi connectivity index (χ0v) is 10.3. The monoisotopic (exact) mass is 254 g/mol. The Hall–Kier alpha value is -1.13. The molecule has 0 bridgehead atoms. The van der Waals surface area contributed by atoms with E-state index in [1.54, 1.807) is 12.1 Å². The summed E-state index contributed by atoms with van der Waals surface area (Å²) in [6, 6.07) is 5.98. The summed E-state index contributed by atoms with van der Waals surface area (Å²) in [5, 5.41) is 9.25. The van der Waals surface area contributed by atoms with Crippen LogP contribution in [0.15, 0.2) is 24.3 Å². The summed E-state index contributed by atoms with van der Waals surface area (Å²) in [7, 11) is 0. The number of rotatable bonds is 8. The van der Waals surface area contributed by atoms with Crippen molar-refractivity contribution in [2.45, 2.75) is 25.4 Å². The third kappa shape index (κ3) is 4.63. The van der Waals surface area contributed by atoms with Gasteiger partial charge in [0.05, 0.1) is 19.3 Å². The van der Waals surface area contributed by atoms with Crippen LogP contribution in [0.1, 0.15) is 19.3 Å². The Balaban J connectivity index is 1.64. The third-order valence-corrected chi connectivity index (χ3v) is 3.17. The van der Waals surface area contributed by atoms with Crippen molar-refractivity contribution in [2.75, 3.05) is 19.8 Å². The first-order valence-corrected chi connectivity index (χ1v) is 6.38. The molecule has 100 valence electrons. The van der Waals surface area contributed by atoms with E-state index in [4.69, 9.17) is 9.47 Å². The number of hydrogen-bond acceptors (Lipinski definition) is 3. The molecule has 1 N–H and O–H groups in total. The summed E-state index contributed by atoms with van der Waals surface area (Å²) in [5.74, 6) is 0.660. The second-order valence-corrected chi connectivity index (χ2v) is 4.67. The minimum absolute atomic E-state index is 0.180. The zero-order chi connectivity index (χ0) is 12.8. The lowest BCUT2D eigenvalue weighted by atomic mass is 10.00. The van der Waals surface area contributed by atoms with Gasteiger partial charge in [-0.1, -0.05) is 0 Å². The van der Waals surface area contributed by atoms with Crippen LogP contribution in [0.3, 0.4) is 0 Å². The van der Waals surface area contributed by atoms with Gasteiger partial charge in [0.15, 0.2) is 0 Å². The Morgan fingerprint density at radius 3 is 2.67 bits per heavy atom. The molecule has 1 aromatic rings. The Morgan fingerprint density at radius 2 is 2.06 bits per heavy atom. The van der Waals surface area contributed by atoms with Crippen molar-refractivity contribution in [3.05, 3.63) is 30.1 Å². The summed E-state index contributed by atoms with van der Waals surface area (Å²) >= 11 is 0. The SMILES string of the molecule is OC[C@H](CCOc1ccc(F)cc1)CC[C@H]1CO1. The highest BCUT2D eigenvalue weighted by molar-refractivity contribution is 5.21. The number of benzene rings is 1. The maximum atomic E-state index is 12.7. The summed E-state index contributed by atoms with van der Waals surface area (Å²) < 4.78 is 23.3. The average molecular weight is 254 g/mol. The van der Waals surface area contributed by atoms with Crippen LogP contribution in [0.2, 0.25) is 0 Å². The number of epoxide rings is 1. The van der Waals surface area contributed by atoms with Gasteiger partial charge in [-0.2, -0.15) is 0 Å². The molecule has 2 rings (SSSR count). The number of ether oxygens (including phenoxy) is 2. The second-order valence-electron chi connectivity index (χ2n) is 4.67. The van der Waals surface area contributed by atoms with Gasteiger partial charge in [-0.25, -0.2) is 4.39 Å². The molecule has 1 aromatic carbocycles. The fourth-order valence-corrected chi connectivity index (χ4v) is 1.86. The van der Waals surface area contributed by atoms with E-state index < -0.39 is 0 Å². The van der Waals surface area contributed by atoms with E-state index in [0.29, 0.717) is 18.5 Å². The lowest BCUT2D eigenvalue weighted by molar-refractivity contribution is 0.179. The van der Waals surface area contributed by atoms with Crippen LogP contribution in [0.4, 0.5) is 4.39 Å². The van der Waals surface area contributed by atoms with E-state index in [-0.39, 0.29) is 18.3 Å². The lowest BCUT2D eigenvalue weighted by Crippen LogP contribution is -2.12. The molecule has 4 heteroatoms. The Labute approximate surface area is 107 Å². The number of aliphatic hydroxyl groups excluding tert-OH is 1. The van der Waals surface area contributed by atoms with E-state index in [0.717, 1.165) is 25.9 Å². The van der Waals surface area contributed by atoms with E-state index in [2.05, 4.69) is 0 Å². The van der Waals surface area contributed by atoms with Crippen molar-refractivity contribution in [3.8, 4) is 5.75 Å². The molecule has 0 aliphatic carbocycles. The number of hydrogen-bond donors (Lipinski definition) is 1. The van der Waals surface area contributed by atoms with Crippen LogP contribution in [-0.4, -0.2) is 31.0 Å². The molecule has 2 atom stereocenters. The maximum absolute atomic E-state index is 12.7. The maximum Gasteiger partial charge on any atom is 0.123 e. The molecule has 1 aliphatic heterocycles. The van der Waals surface area contributed by atoms with E-state index in [1.165, 1.54) is 12.1 Å². The molecule has 0 spiro atoms. The largest absolute Gasteiger partial charge is 0.494 e. The fraction of sp³-hybridized carbons (Fsp3) is 0.571. The van der Waals surface area contributed by atoms with Crippen LogP contribution in [0.25, 0.3) is 0 Å².